The first-order valence-electron chi connectivity index (χ1n) is 7.30. The molecule has 0 radical (unpaired) electrons. The van der Waals surface area contributed by atoms with E-state index in [0.717, 1.165) is 5.56 Å². The molecule has 0 atom stereocenters. The number of sulfonamides is 1. The van der Waals surface area contributed by atoms with E-state index in [2.05, 4.69) is 15.0 Å². The van der Waals surface area contributed by atoms with Gasteiger partial charge in [0.2, 0.25) is 10.0 Å². The highest BCUT2D eigenvalue weighted by Gasteiger charge is 2.16. The van der Waals surface area contributed by atoms with E-state index in [1.165, 1.54) is 18.3 Å². The van der Waals surface area contributed by atoms with Gasteiger partial charge in [-0.15, -0.1) is 0 Å². The fraction of sp³-hybridized carbons (Fsp3) is 0.250. The Hall–Kier alpha value is -2.45. The molecule has 1 aromatic heterocycles. The molecule has 0 saturated carbocycles. The van der Waals surface area contributed by atoms with Crippen LogP contribution in [0.25, 0.3) is 0 Å². The number of carbonyl (C=O) groups is 1. The van der Waals surface area contributed by atoms with Crippen molar-refractivity contribution in [1.82, 2.24) is 15.0 Å². The molecule has 24 heavy (non-hydrogen) atoms. The molecule has 1 amide bonds. The molecule has 1 aromatic carbocycles. The summed E-state index contributed by atoms with van der Waals surface area (Å²) >= 11 is 0. The highest BCUT2D eigenvalue weighted by atomic mass is 32.2. The monoisotopic (exact) mass is 349 g/mol. The molecule has 128 valence electrons. The number of hydrogen-bond donors (Lipinski definition) is 3. The summed E-state index contributed by atoms with van der Waals surface area (Å²) in [7, 11) is -3.64. The van der Waals surface area contributed by atoms with Crippen LogP contribution in [0.3, 0.4) is 0 Å². The van der Waals surface area contributed by atoms with Gasteiger partial charge >= 0.3 is 0 Å². The molecule has 1 heterocycles. The maximum Gasteiger partial charge on any atom is 0.273 e. The fourth-order valence-corrected chi connectivity index (χ4v) is 3.45. The Morgan fingerprint density at radius 2 is 1.96 bits per heavy atom. The lowest BCUT2D eigenvalue weighted by Crippen LogP contribution is -2.35. The average Bonchev–Trinajstić information content (AvgIpc) is 2.51. The first-order chi connectivity index (χ1) is 11.3. The minimum absolute atomic E-state index is 0.0228. The van der Waals surface area contributed by atoms with Crippen molar-refractivity contribution >= 4 is 15.9 Å². The Balaban J connectivity index is 1.92. The summed E-state index contributed by atoms with van der Waals surface area (Å²) in [4.78, 5) is 15.8. The van der Waals surface area contributed by atoms with Gasteiger partial charge < -0.3 is 10.4 Å². The molecule has 3 N–H and O–H groups in total. The molecular formula is C16H19N3O4S. The predicted molar refractivity (Wildman–Crippen MR) is 89.3 cm³/mol. The summed E-state index contributed by atoms with van der Waals surface area (Å²) in [5.74, 6) is -0.801. The highest BCUT2D eigenvalue weighted by molar-refractivity contribution is 7.89. The zero-order valence-corrected chi connectivity index (χ0v) is 14.2. The quantitative estimate of drug-likeness (QED) is 0.677. The molecule has 0 aliphatic carbocycles. The van der Waals surface area contributed by atoms with Crippen molar-refractivity contribution in [2.24, 2.45) is 0 Å². The second kappa shape index (κ2) is 7.41. The zero-order valence-electron chi connectivity index (χ0n) is 13.4. The van der Waals surface area contributed by atoms with Crippen LogP contribution in [0, 0.1) is 13.8 Å². The van der Waals surface area contributed by atoms with Crippen molar-refractivity contribution in [2.75, 3.05) is 13.1 Å². The van der Waals surface area contributed by atoms with Crippen LogP contribution in [0.5, 0.6) is 5.75 Å². The molecule has 8 heteroatoms. The zero-order chi connectivity index (χ0) is 17.7. The lowest BCUT2D eigenvalue weighted by Gasteiger charge is -2.10. The second-order valence-corrected chi connectivity index (χ2v) is 7.03. The van der Waals surface area contributed by atoms with Crippen LogP contribution >= 0.6 is 0 Å². The third kappa shape index (κ3) is 4.30. The van der Waals surface area contributed by atoms with Gasteiger partial charge in [-0.05, 0) is 37.6 Å². The smallest absolute Gasteiger partial charge is 0.273 e. The number of aryl methyl sites for hydroxylation is 2. The minimum Gasteiger partial charge on any atom is -0.505 e. The normalized spacial score (nSPS) is 11.2. The number of rotatable bonds is 6. The number of nitrogens with one attached hydrogen (secondary N) is 2. The third-order valence-corrected chi connectivity index (χ3v) is 4.95. The van der Waals surface area contributed by atoms with Crippen molar-refractivity contribution in [1.29, 1.82) is 0 Å². The van der Waals surface area contributed by atoms with Crippen LogP contribution in [-0.2, 0) is 10.0 Å². The van der Waals surface area contributed by atoms with Gasteiger partial charge in [-0.25, -0.2) is 18.1 Å². The predicted octanol–water partition coefficient (Wildman–Crippen LogP) is 1.11. The van der Waals surface area contributed by atoms with Crippen LogP contribution in [0.1, 0.15) is 21.6 Å². The van der Waals surface area contributed by atoms with E-state index in [1.54, 1.807) is 25.1 Å². The Kier molecular flexibility index (Phi) is 5.53. The van der Waals surface area contributed by atoms with Gasteiger partial charge in [0.1, 0.15) is 5.75 Å². The molecule has 0 saturated heterocycles. The van der Waals surface area contributed by atoms with E-state index >= 15 is 0 Å². The summed E-state index contributed by atoms with van der Waals surface area (Å²) in [6, 6.07) is 7.93. The summed E-state index contributed by atoms with van der Waals surface area (Å²) in [6.45, 7) is 3.71. The molecule has 0 spiro atoms. The summed E-state index contributed by atoms with van der Waals surface area (Å²) in [5, 5.41) is 12.0. The van der Waals surface area contributed by atoms with E-state index in [0.29, 0.717) is 5.56 Å². The van der Waals surface area contributed by atoms with Gasteiger partial charge in [0, 0.05) is 19.3 Å². The summed E-state index contributed by atoms with van der Waals surface area (Å²) < 4.78 is 26.9. The first-order valence-corrected chi connectivity index (χ1v) is 8.78. The lowest BCUT2D eigenvalue weighted by atomic mass is 10.2. The molecule has 0 fully saturated rings. The van der Waals surface area contributed by atoms with Crippen LogP contribution < -0.4 is 10.0 Å². The van der Waals surface area contributed by atoms with E-state index in [9.17, 15) is 18.3 Å². The van der Waals surface area contributed by atoms with E-state index in [4.69, 9.17) is 0 Å². The van der Waals surface area contributed by atoms with Crippen molar-refractivity contribution in [3.63, 3.8) is 0 Å². The van der Waals surface area contributed by atoms with Crippen molar-refractivity contribution < 1.29 is 18.3 Å². The number of amides is 1. The standard InChI is InChI=1S/C16H19N3O4S/c1-11-5-6-14(12(2)10-11)24(22,23)19-9-8-18-16(21)15-13(20)4-3-7-17-15/h3-7,10,19-20H,8-9H2,1-2H3,(H,18,21). The second-order valence-electron chi connectivity index (χ2n) is 5.29. The molecule has 7 nitrogen and oxygen atoms in total. The third-order valence-electron chi connectivity index (χ3n) is 3.32. The van der Waals surface area contributed by atoms with Gasteiger partial charge in [-0.2, -0.15) is 0 Å². The fourth-order valence-electron chi connectivity index (χ4n) is 2.20. The van der Waals surface area contributed by atoms with Crippen molar-refractivity contribution in [3.05, 3.63) is 53.3 Å². The number of nitrogens with zero attached hydrogens (tertiary/aromatic N) is 1. The average molecular weight is 349 g/mol. The number of carbonyl (C=O) groups excluding carboxylic acids is 1. The van der Waals surface area contributed by atoms with E-state index in [-0.39, 0.29) is 29.4 Å². The molecule has 0 aliphatic rings. The Morgan fingerprint density at radius 1 is 1.21 bits per heavy atom. The Bertz CT molecular complexity index is 850. The van der Waals surface area contributed by atoms with Crippen molar-refractivity contribution in [2.45, 2.75) is 18.7 Å². The SMILES string of the molecule is Cc1ccc(S(=O)(=O)NCCNC(=O)c2ncccc2O)c(C)c1. The molecule has 0 aliphatic heterocycles. The van der Waals surface area contributed by atoms with E-state index < -0.39 is 15.9 Å². The highest BCUT2D eigenvalue weighted by Crippen LogP contribution is 2.16. The number of benzene rings is 1. The van der Waals surface area contributed by atoms with Crippen LogP contribution in [0.15, 0.2) is 41.4 Å². The Morgan fingerprint density at radius 3 is 2.62 bits per heavy atom. The van der Waals surface area contributed by atoms with Gasteiger partial charge in [0.25, 0.3) is 5.91 Å². The van der Waals surface area contributed by atoms with Crippen LogP contribution in [-0.4, -0.2) is 37.5 Å². The van der Waals surface area contributed by atoms with Gasteiger partial charge in [-0.1, -0.05) is 17.7 Å². The minimum atomic E-state index is -3.64. The number of pyridine rings is 1. The Labute approximate surface area is 140 Å². The van der Waals surface area contributed by atoms with Gasteiger partial charge in [0.05, 0.1) is 4.90 Å². The largest absolute Gasteiger partial charge is 0.505 e. The van der Waals surface area contributed by atoms with Gasteiger partial charge in [0.15, 0.2) is 5.69 Å². The molecule has 0 bridgehead atoms. The summed E-state index contributed by atoms with van der Waals surface area (Å²) in [5.41, 5.74) is 1.54. The summed E-state index contributed by atoms with van der Waals surface area (Å²) in [6.07, 6.45) is 1.39. The lowest BCUT2D eigenvalue weighted by molar-refractivity contribution is 0.0946. The number of aromatic nitrogens is 1. The topological polar surface area (TPSA) is 108 Å². The molecule has 0 unspecified atom stereocenters. The van der Waals surface area contributed by atoms with Crippen LogP contribution in [0.2, 0.25) is 0 Å². The van der Waals surface area contributed by atoms with Gasteiger partial charge in [-0.3, -0.25) is 4.79 Å². The number of hydrogen-bond acceptors (Lipinski definition) is 5. The maximum atomic E-state index is 12.3. The maximum absolute atomic E-state index is 12.3. The molecular weight excluding hydrogens is 330 g/mol. The molecule has 2 aromatic rings. The van der Waals surface area contributed by atoms with Crippen LogP contribution in [0.4, 0.5) is 0 Å². The van der Waals surface area contributed by atoms with E-state index in [1.807, 2.05) is 6.92 Å². The van der Waals surface area contributed by atoms with Crippen molar-refractivity contribution in [3.8, 4) is 5.75 Å². The molecule has 2 rings (SSSR count). The first kappa shape index (κ1) is 17.9. The number of aromatic hydroxyl groups is 1.